The van der Waals surface area contributed by atoms with Crippen molar-refractivity contribution in [2.75, 3.05) is 0 Å². The van der Waals surface area contributed by atoms with Gasteiger partial charge in [-0.15, -0.1) is 0 Å². The summed E-state index contributed by atoms with van der Waals surface area (Å²) >= 11 is 0. The molecule has 0 aliphatic heterocycles. The van der Waals surface area contributed by atoms with Crippen molar-refractivity contribution in [3.05, 3.63) is 54.1 Å². The van der Waals surface area contributed by atoms with Gasteiger partial charge in [0.1, 0.15) is 18.7 Å². The number of Topliss-reactive ketones (excluding diaryl/α,β-unsaturated/α-hetero) is 1. The summed E-state index contributed by atoms with van der Waals surface area (Å²) in [5, 5.41) is 13.6. The van der Waals surface area contributed by atoms with E-state index in [1.807, 2.05) is 32.0 Å². The van der Waals surface area contributed by atoms with Crippen molar-refractivity contribution in [3.63, 3.8) is 0 Å². The van der Waals surface area contributed by atoms with Crippen molar-refractivity contribution in [3.8, 4) is 6.07 Å². The summed E-state index contributed by atoms with van der Waals surface area (Å²) in [4.78, 5) is 16.8. The zero-order chi connectivity index (χ0) is 15.9. The Bertz CT molecular complexity index is 692. The lowest BCUT2D eigenvalue weighted by Gasteiger charge is -2.18. The number of benzene rings is 1. The first-order valence-electron chi connectivity index (χ1n) is 7.31. The number of rotatable bonds is 6. The van der Waals surface area contributed by atoms with Crippen LogP contribution in [0, 0.1) is 17.2 Å². The summed E-state index contributed by atoms with van der Waals surface area (Å²) < 4.78 is 1.37. The highest BCUT2D eigenvalue weighted by molar-refractivity contribution is 6.13. The van der Waals surface area contributed by atoms with Crippen molar-refractivity contribution < 1.29 is 4.79 Å². The molecule has 0 aliphatic carbocycles. The summed E-state index contributed by atoms with van der Waals surface area (Å²) in [6, 6.07) is 11.2. The van der Waals surface area contributed by atoms with Crippen LogP contribution in [0.25, 0.3) is 5.70 Å². The molecule has 0 unspecified atom stereocenters. The van der Waals surface area contributed by atoms with Gasteiger partial charge in [0.2, 0.25) is 0 Å². The maximum atomic E-state index is 12.9. The predicted octanol–water partition coefficient (Wildman–Crippen LogP) is 3.33. The maximum absolute atomic E-state index is 12.9. The number of allylic oxidation sites excluding steroid dienone is 2. The molecule has 0 fully saturated rings. The smallest absolute Gasteiger partial charge is 0.192 e. The molecule has 22 heavy (non-hydrogen) atoms. The molecule has 0 atom stereocenters. The molecule has 0 radical (unpaired) electrons. The normalized spacial score (nSPS) is 11.9. The molecule has 2 rings (SSSR count). The second-order valence-corrected chi connectivity index (χ2v) is 4.92. The van der Waals surface area contributed by atoms with Crippen LogP contribution in [0.5, 0.6) is 0 Å². The van der Waals surface area contributed by atoms with Gasteiger partial charge in [-0.2, -0.15) is 10.4 Å². The lowest BCUT2D eigenvalue weighted by atomic mass is 9.86. The fourth-order valence-electron chi connectivity index (χ4n) is 2.49. The fourth-order valence-corrected chi connectivity index (χ4v) is 2.49. The van der Waals surface area contributed by atoms with E-state index in [9.17, 15) is 10.1 Å². The Morgan fingerprint density at radius 3 is 2.45 bits per heavy atom. The Morgan fingerprint density at radius 1 is 1.27 bits per heavy atom. The van der Waals surface area contributed by atoms with Gasteiger partial charge < -0.3 is 0 Å². The molecule has 2 aromatic rings. The molecular formula is C17H18N4O. The Hall–Kier alpha value is -2.74. The van der Waals surface area contributed by atoms with E-state index in [0.29, 0.717) is 11.1 Å². The van der Waals surface area contributed by atoms with Crippen molar-refractivity contribution in [2.24, 2.45) is 5.92 Å². The number of hydrogen-bond donors (Lipinski definition) is 0. The van der Waals surface area contributed by atoms with Gasteiger partial charge in [0.25, 0.3) is 0 Å². The Kier molecular flexibility index (Phi) is 5.21. The van der Waals surface area contributed by atoms with E-state index >= 15 is 0 Å². The molecule has 0 saturated carbocycles. The Balaban J connectivity index is 2.61. The summed E-state index contributed by atoms with van der Waals surface area (Å²) in [7, 11) is 0. The Morgan fingerprint density at radius 2 is 1.95 bits per heavy atom. The standard InChI is InChI=1S/C17H18N4O/c1-3-13(4-2)16(15(10-18)21-12-19-11-20-21)17(22)14-8-6-5-7-9-14/h5-9,11-13H,3-4H2,1-2H3/b16-15-. The highest BCUT2D eigenvalue weighted by Crippen LogP contribution is 2.27. The monoisotopic (exact) mass is 294 g/mol. The third-order valence-corrected chi connectivity index (χ3v) is 3.68. The van der Waals surface area contributed by atoms with Crippen molar-refractivity contribution in [2.45, 2.75) is 26.7 Å². The third kappa shape index (κ3) is 3.12. The first-order chi connectivity index (χ1) is 10.7. The molecule has 1 aromatic heterocycles. The predicted molar refractivity (Wildman–Crippen MR) is 83.7 cm³/mol. The first kappa shape index (κ1) is 15.6. The summed E-state index contributed by atoms with van der Waals surface area (Å²) in [5.41, 5.74) is 1.33. The van der Waals surface area contributed by atoms with Crippen LogP contribution < -0.4 is 0 Å². The number of nitriles is 1. The second-order valence-electron chi connectivity index (χ2n) is 4.92. The van der Waals surface area contributed by atoms with Gasteiger partial charge >= 0.3 is 0 Å². The summed E-state index contributed by atoms with van der Waals surface area (Å²) in [5.74, 6) is -0.118. The van der Waals surface area contributed by atoms with Crippen LogP contribution in [-0.2, 0) is 0 Å². The number of hydrogen-bond acceptors (Lipinski definition) is 4. The van der Waals surface area contributed by atoms with Crippen LogP contribution in [0.1, 0.15) is 37.0 Å². The van der Waals surface area contributed by atoms with Crippen LogP contribution in [0.15, 0.2) is 48.6 Å². The topological polar surface area (TPSA) is 71.6 Å². The van der Waals surface area contributed by atoms with E-state index in [1.165, 1.54) is 17.3 Å². The number of carbonyl (C=O) groups is 1. The zero-order valence-corrected chi connectivity index (χ0v) is 12.7. The first-order valence-corrected chi connectivity index (χ1v) is 7.31. The second kappa shape index (κ2) is 7.32. The summed E-state index contributed by atoms with van der Waals surface area (Å²) in [6.45, 7) is 4.03. The largest absolute Gasteiger partial charge is 0.289 e. The molecular weight excluding hydrogens is 276 g/mol. The molecule has 1 aromatic carbocycles. The maximum Gasteiger partial charge on any atom is 0.192 e. The number of carbonyl (C=O) groups excluding carboxylic acids is 1. The van der Waals surface area contributed by atoms with Crippen LogP contribution in [-0.4, -0.2) is 20.5 Å². The average molecular weight is 294 g/mol. The highest BCUT2D eigenvalue weighted by Gasteiger charge is 2.25. The number of ketones is 1. The van der Waals surface area contributed by atoms with Crippen molar-refractivity contribution >= 4 is 11.5 Å². The lowest BCUT2D eigenvalue weighted by Crippen LogP contribution is -2.17. The van der Waals surface area contributed by atoms with Crippen LogP contribution >= 0.6 is 0 Å². The summed E-state index contributed by atoms with van der Waals surface area (Å²) in [6.07, 6.45) is 4.36. The molecule has 5 heteroatoms. The number of aromatic nitrogens is 3. The van der Waals surface area contributed by atoms with Gasteiger partial charge in [-0.05, 0) is 18.8 Å². The molecule has 0 bridgehead atoms. The minimum atomic E-state index is -0.124. The van der Waals surface area contributed by atoms with Crippen LogP contribution in [0.2, 0.25) is 0 Å². The SMILES string of the molecule is CCC(CC)/C(C(=O)c1ccccc1)=C(\C#N)n1cncn1. The van der Waals surface area contributed by atoms with E-state index in [0.717, 1.165) is 12.8 Å². The Labute approximate surface area is 129 Å². The van der Waals surface area contributed by atoms with Crippen LogP contribution in [0.4, 0.5) is 0 Å². The van der Waals surface area contributed by atoms with Gasteiger partial charge in [0.05, 0.1) is 0 Å². The van der Waals surface area contributed by atoms with E-state index < -0.39 is 0 Å². The third-order valence-electron chi connectivity index (χ3n) is 3.68. The molecule has 0 aliphatic rings. The van der Waals surface area contributed by atoms with Crippen molar-refractivity contribution in [1.82, 2.24) is 14.8 Å². The molecule has 0 amide bonds. The lowest BCUT2D eigenvalue weighted by molar-refractivity contribution is 0.102. The van der Waals surface area contributed by atoms with Gasteiger partial charge in [0.15, 0.2) is 11.5 Å². The number of nitrogens with zero attached hydrogens (tertiary/aromatic N) is 4. The quantitative estimate of drug-likeness (QED) is 0.465. The minimum absolute atomic E-state index is 0.00607. The van der Waals surface area contributed by atoms with Gasteiger partial charge in [-0.1, -0.05) is 44.2 Å². The zero-order valence-electron chi connectivity index (χ0n) is 12.7. The molecule has 1 heterocycles. The molecule has 0 saturated heterocycles. The van der Waals surface area contributed by atoms with Gasteiger partial charge in [-0.3, -0.25) is 4.79 Å². The minimum Gasteiger partial charge on any atom is -0.289 e. The molecule has 0 N–H and O–H groups in total. The molecule has 0 spiro atoms. The average Bonchev–Trinajstić information content (AvgIpc) is 3.09. The van der Waals surface area contributed by atoms with E-state index in [1.54, 1.807) is 12.1 Å². The van der Waals surface area contributed by atoms with Gasteiger partial charge in [0, 0.05) is 11.1 Å². The van der Waals surface area contributed by atoms with E-state index in [-0.39, 0.29) is 17.4 Å². The van der Waals surface area contributed by atoms with Crippen molar-refractivity contribution in [1.29, 1.82) is 5.26 Å². The van der Waals surface area contributed by atoms with Crippen LogP contribution in [0.3, 0.4) is 0 Å². The fraction of sp³-hybridized carbons (Fsp3) is 0.294. The van der Waals surface area contributed by atoms with E-state index in [4.69, 9.17) is 0 Å². The highest BCUT2D eigenvalue weighted by atomic mass is 16.1. The molecule has 5 nitrogen and oxygen atoms in total. The van der Waals surface area contributed by atoms with E-state index in [2.05, 4.69) is 16.2 Å². The molecule has 112 valence electrons. The van der Waals surface area contributed by atoms with Gasteiger partial charge in [-0.25, -0.2) is 9.67 Å².